The molecule has 1 atom stereocenters. The highest BCUT2D eigenvalue weighted by molar-refractivity contribution is 5.93. The summed E-state index contributed by atoms with van der Waals surface area (Å²) in [7, 11) is 0. The molecule has 134 valence electrons. The van der Waals surface area contributed by atoms with Crippen molar-refractivity contribution in [3.05, 3.63) is 34.4 Å². The highest BCUT2D eigenvalue weighted by atomic mass is 16.2. The molecule has 25 heavy (non-hydrogen) atoms. The van der Waals surface area contributed by atoms with E-state index in [1.807, 2.05) is 25.7 Å². The van der Waals surface area contributed by atoms with Crippen LogP contribution >= 0.6 is 0 Å². The largest absolute Gasteiger partial charge is 0.327 e. The third kappa shape index (κ3) is 3.41. The first kappa shape index (κ1) is 17.5. The standard InChI is InChI=1S/C18H26N6O/c1-10(2)16-21-17(23-22-16)14-8-6-7-9-24(14)18(25)15-13(5)19-11(3)12(4)20-15/h10,14H,6-9H2,1-5H3,(H,21,22,23). The Labute approximate surface area is 148 Å². The van der Waals surface area contributed by atoms with Crippen molar-refractivity contribution >= 4 is 5.91 Å². The van der Waals surface area contributed by atoms with Crippen molar-refractivity contribution in [3.63, 3.8) is 0 Å². The number of piperidine rings is 1. The summed E-state index contributed by atoms with van der Waals surface area (Å²) in [5.74, 6) is 1.74. The van der Waals surface area contributed by atoms with E-state index in [9.17, 15) is 4.79 Å². The average molecular weight is 342 g/mol. The number of nitrogens with zero attached hydrogens (tertiary/aromatic N) is 5. The molecule has 0 saturated carbocycles. The number of amides is 1. The molecule has 1 fully saturated rings. The number of carbonyl (C=O) groups is 1. The number of aryl methyl sites for hydroxylation is 3. The first-order valence-corrected chi connectivity index (χ1v) is 8.93. The summed E-state index contributed by atoms with van der Waals surface area (Å²) < 4.78 is 0. The van der Waals surface area contributed by atoms with Crippen LogP contribution in [-0.2, 0) is 0 Å². The van der Waals surface area contributed by atoms with Gasteiger partial charge in [-0.1, -0.05) is 13.8 Å². The van der Waals surface area contributed by atoms with Gasteiger partial charge in [0.15, 0.2) is 5.82 Å². The summed E-state index contributed by atoms with van der Waals surface area (Å²) >= 11 is 0. The topological polar surface area (TPSA) is 87.7 Å². The van der Waals surface area contributed by atoms with E-state index in [-0.39, 0.29) is 17.9 Å². The molecule has 0 radical (unpaired) electrons. The van der Waals surface area contributed by atoms with Crippen molar-refractivity contribution in [2.75, 3.05) is 6.54 Å². The van der Waals surface area contributed by atoms with Gasteiger partial charge in [-0.2, -0.15) is 5.10 Å². The van der Waals surface area contributed by atoms with Gasteiger partial charge in [0.05, 0.1) is 23.1 Å². The minimum absolute atomic E-state index is 0.0692. The molecule has 1 saturated heterocycles. The van der Waals surface area contributed by atoms with Crippen LogP contribution in [0.3, 0.4) is 0 Å². The lowest BCUT2D eigenvalue weighted by Crippen LogP contribution is -2.40. The smallest absolute Gasteiger partial charge is 0.274 e. The summed E-state index contributed by atoms with van der Waals surface area (Å²) in [6, 6.07) is -0.0796. The van der Waals surface area contributed by atoms with E-state index < -0.39 is 0 Å². The van der Waals surface area contributed by atoms with Crippen LogP contribution in [0.4, 0.5) is 0 Å². The molecule has 1 aliphatic heterocycles. The van der Waals surface area contributed by atoms with E-state index in [0.29, 0.717) is 17.9 Å². The van der Waals surface area contributed by atoms with Crippen LogP contribution in [-0.4, -0.2) is 42.5 Å². The molecule has 3 rings (SSSR count). The molecule has 2 aromatic rings. The summed E-state index contributed by atoms with van der Waals surface area (Å²) in [4.78, 5) is 28.6. The first-order valence-electron chi connectivity index (χ1n) is 8.93. The number of hydrogen-bond acceptors (Lipinski definition) is 5. The molecule has 2 aromatic heterocycles. The van der Waals surface area contributed by atoms with Crippen molar-refractivity contribution in [1.29, 1.82) is 0 Å². The van der Waals surface area contributed by atoms with Crippen molar-refractivity contribution in [2.24, 2.45) is 0 Å². The Bertz CT molecular complexity index is 782. The minimum Gasteiger partial charge on any atom is -0.327 e. The second-order valence-electron chi connectivity index (χ2n) is 7.07. The van der Waals surface area contributed by atoms with Crippen LogP contribution in [0.25, 0.3) is 0 Å². The number of H-pyrrole nitrogens is 1. The van der Waals surface area contributed by atoms with Gasteiger partial charge in [0, 0.05) is 12.5 Å². The maximum absolute atomic E-state index is 13.2. The van der Waals surface area contributed by atoms with Gasteiger partial charge in [-0.3, -0.25) is 14.9 Å². The van der Waals surface area contributed by atoms with Crippen molar-refractivity contribution in [2.45, 2.75) is 65.8 Å². The molecule has 0 spiro atoms. The second kappa shape index (κ2) is 6.90. The van der Waals surface area contributed by atoms with Crippen LogP contribution in [0, 0.1) is 20.8 Å². The summed E-state index contributed by atoms with van der Waals surface area (Å²) in [6.07, 6.45) is 2.95. The maximum atomic E-state index is 13.2. The Kier molecular flexibility index (Phi) is 4.83. The first-order chi connectivity index (χ1) is 11.9. The fraction of sp³-hybridized carbons (Fsp3) is 0.611. The zero-order valence-electron chi connectivity index (χ0n) is 15.6. The molecule has 1 amide bonds. The number of rotatable bonds is 3. The summed E-state index contributed by atoms with van der Waals surface area (Å²) in [5, 5.41) is 7.34. The predicted octanol–water partition coefficient (Wildman–Crippen LogP) is 3.01. The normalized spacial score (nSPS) is 18.0. The van der Waals surface area contributed by atoms with E-state index in [0.717, 1.165) is 42.3 Å². The number of aromatic nitrogens is 5. The Morgan fingerprint density at radius 2 is 1.80 bits per heavy atom. The van der Waals surface area contributed by atoms with Crippen molar-refractivity contribution in [3.8, 4) is 0 Å². The van der Waals surface area contributed by atoms with Gasteiger partial charge < -0.3 is 4.90 Å². The van der Waals surface area contributed by atoms with Crippen molar-refractivity contribution < 1.29 is 4.79 Å². The molecule has 0 bridgehead atoms. The minimum atomic E-state index is -0.0796. The van der Waals surface area contributed by atoms with E-state index in [2.05, 4.69) is 39.0 Å². The maximum Gasteiger partial charge on any atom is 0.274 e. The predicted molar refractivity (Wildman–Crippen MR) is 94.3 cm³/mol. The lowest BCUT2D eigenvalue weighted by molar-refractivity contribution is 0.0592. The van der Waals surface area contributed by atoms with Gasteiger partial charge >= 0.3 is 0 Å². The lowest BCUT2D eigenvalue weighted by atomic mass is 10.0. The molecule has 7 nitrogen and oxygen atoms in total. The van der Waals surface area contributed by atoms with Crippen LogP contribution in [0.1, 0.15) is 84.3 Å². The third-order valence-electron chi connectivity index (χ3n) is 4.80. The van der Waals surface area contributed by atoms with Gasteiger partial charge in [-0.15, -0.1) is 0 Å². The fourth-order valence-electron chi connectivity index (χ4n) is 3.21. The van der Waals surface area contributed by atoms with Crippen LogP contribution in [0.15, 0.2) is 0 Å². The molecular formula is C18H26N6O. The van der Waals surface area contributed by atoms with Crippen LogP contribution < -0.4 is 0 Å². The number of likely N-dealkylation sites (tertiary alicyclic amines) is 1. The van der Waals surface area contributed by atoms with Gasteiger partial charge in [-0.25, -0.2) is 9.97 Å². The molecule has 1 N–H and O–H groups in total. The highest BCUT2D eigenvalue weighted by Gasteiger charge is 2.33. The van der Waals surface area contributed by atoms with Gasteiger partial charge in [0.1, 0.15) is 11.5 Å². The molecule has 1 unspecified atom stereocenters. The van der Waals surface area contributed by atoms with Crippen LogP contribution in [0.2, 0.25) is 0 Å². The Morgan fingerprint density at radius 1 is 1.08 bits per heavy atom. The Hall–Kier alpha value is -2.31. The molecule has 7 heteroatoms. The number of nitrogens with one attached hydrogen (secondary N) is 1. The lowest BCUT2D eigenvalue weighted by Gasteiger charge is -2.34. The molecule has 0 aromatic carbocycles. The zero-order chi connectivity index (χ0) is 18.1. The average Bonchev–Trinajstić information content (AvgIpc) is 3.08. The Balaban J connectivity index is 1.92. The second-order valence-corrected chi connectivity index (χ2v) is 7.07. The molecule has 3 heterocycles. The van der Waals surface area contributed by atoms with Gasteiger partial charge in [0.25, 0.3) is 5.91 Å². The number of hydrogen-bond donors (Lipinski definition) is 1. The number of aromatic amines is 1. The van der Waals surface area contributed by atoms with Crippen LogP contribution in [0.5, 0.6) is 0 Å². The van der Waals surface area contributed by atoms with E-state index in [1.54, 1.807) is 0 Å². The van der Waals surface area contributed by atoms with E-state index >= 15 is 0 Å². The quantitative estimate of drug-likeness (QED) is 0.926. The summed E-state index contributed by atoms with van der Waals surface area (Å²) in [5.41, 5.74) is 2.78. The van der Waals surface area contributed by atoms with E-state index in [4.69, 9.17) is 0 Å². The highest BCUT2D eigenvalue weighted by Crippen LogP contribution is 2.31. The van der Waals surface area contributed by atoms with Gasteiger partial charge in [0.2, 0.25) is 0 Å². The van der Waals surface area contributed by atoms with E-state index in [1.165, 1.54) is 0 Å². The molecule has 1 aliphatic rings. The third-order valence-corrected chi connectivity index (χ3v) is 4.80. The van der Waals surface area contributed by atoms with Gasteiger partial charge in [-0.05, 0) is 40.0 Å². The SMILES string of the molecule is Cc1nc(C)c(C(=O)N2CCCCC2c2nc(C(C)C)n[nH]2)nc1C. The molecule has 0 aliphatic carbocycles. The zero-order valence-corrected chi connectivity index (χ0v) is 15.6. The number of carbonyl (C=O) groups excluding carboxylic acids is 1. The summed E-state index contributed by atoms with van der Waals surface area (Å²) in [6.45, 7) is 10.5. The van der Waals surface area contributed by atoms with Crippen molar-refractivity contribution in [1.82, 2.24) is 30.0 Å². The fourth-order valence-corrected chi connectivity index (χ4v) is 3.21. The Morgan fingerprint density at radius 3 is 2.48 bits per heavy atom. The molecular weight excluding hydrogens is 316 g/mol. The monoisotopic (exact) mass is 342 g/mol.